The zero-order valence-electron chi connectivity index (χ0n) is 12.6. The van der Waals surface area contributed by atoms with Gasteiger partial charge in [0, 0.05) is 17.7 Å². The number of fused-ring (bicyclic) bond motifs is 1. The third-order valence-electron chi connectivity index (χ3n) is 3.66. The summed E-state index contributed by atoms with van der Waals surface area (Å²) in [6.07, 6.45) is 0. The quantitative estimate of drug-likeness (QED) is 0.539. The molecule has 0 atom stereocenters. The van der Waals surface area contributed by atoms with Crippen LogP contribution in [-0.4, -0.2) is 25.1 Å². The highest BCUT2D eigenvalue weighted by Gasteiger charge is 2.13. The van der Waals surface area contributed by atoms with Crippen molar-refractivity contribution in [3.63, 3.8) is 0 Å². The van der Waals surface area contributed by atoms with Crippen molar-refractivity contribution < 1.29 is 4.52 Å². The zero-order chi connectivity index (χ0) is 16.7. The van der Waals surface area contributed by atoms with Gasteiger partial charge >= 0.3 is 0 Å². The highest BCUT2D eigenvalue weighted by Crippen LogP contribution is 2.29. The average Bonchev–Trinajstić information content (AvgIpc) is 3.23. The van der Waals surface area contributed by atoms with E-state index < -0.39 is 0 Å². The maximum atomic E-state index is 6.03. The lowest BCUT2D eigenvalue weighted by atomic mass is 10.2. The molecule has 120 valence electrons. The van der Waals surface area contributed by atoms with Crippen LogP contribution in [0, 0.1) is 0 Å². The summed E-state index contributed by atoms with van der Waals surface area (Å²) in [5, 5.41) is 13.2. The minimum atomic E-state index is 0.376. The smallest absolute Gasteiger partial charge is 0.258 e. The van der Waals surface area contributed by atoms with Crippen molar-refractivity contribution in [3.8, 4) is 22.8 Å². The fraction of sp³-hybridized carbons (Fsp3) is 0.125. The lowest BCUT2D eigenvalue weighted by Gasteiger charge is -1.98. The van der Waals surface area contributed by atoms with E-state index in [1.807, 2.05) is 29.8 Å². The van der Waals surface area contributed by atoms with Crippen LogP contribution in [0.3, 0.4) is 0 Å². The van der Waals surface area contributed by atoms with E-state index in [4.69, 9.17) is 27.7 Å². The molecule has 0 fully saturated rings. The highest BCUT2D eigenvalue weighted by atomic mass is 35.5. The van der Waals surface area contributed by atoms with Crippen LogP contribution in [0.2, 0.25) is 10.0 Å². The van der Waals surface area contributed by atoms with E-state index in [0.29, 0.717) is 27.3 Å². The van der Waals surface area contributed by atoms with E-state index in [2.05, 4.69) is 20.5 Å². The van der Waals surface area contributed by atoms with Crippen molar-refractivity contribution in [2.24, 2.45) is 0 Å². The van der Waals surface area contributed by atoms with Gasteiger partial charge in [-0.15, -0.1) is 5.10 Å². The molecule has 8 heteroatoms. The predicted octanol–water partition coefficient (Wildman–Crippen LogP) is 4.48. The molecule has 0 amide bonds. The molecule has 4 aromatic rings. The molecule has 0 aliphatic carbocycles. The minimum Gasteiger partial charge on any atom is -0.334 e. The number of nitrogens with zero attached hydrogens (tertiary/aromatic N) is 5. The molecule has 2 aromatic heterocycles. The van der Waals surface area contributed by atoms with Gasteiger partial charge in [-0.1, -0.05) is 33.6 Å². The fourth-order valence-electron chi connectivity index (χ4n) is 2.43. The highest BCUT2D eigenvalue weighted by molar-refractivity contribution is 6.42. The van der Waals surface area contributed by atoms with E-state index >= 15 is 0 Å². The number of aromatic nitrogens is 5. The number of aryl methyl sites for hydroxylation is 1. The average molecular weight is 360 g/mol. The van der Waals surface area contributed by atoms with Crippen LogP contribution in [0.15, 0.2) is 40.9 Å². The van der Waals surface area contributed by atoms with E-state index in [1.54, 1.807) is 18.2 Å². The van der Waals surface area contributed by atoms with Gasteiger partial charge in [0.2, 0.25) is 5.82 Å². The maximum absolute atomic E-state index is 6.03. The van der Waals surface area contributed by atoms with E-state index in [-0.39, 0.29) is 0 Å². The van der Waals surface area contributed by atoms with E-state index in [1.165, 1.54) is 0 Å². The van der Waals surface area contributed by atoms with Gasteiger partial charge in [0.25, 0.3) is 5.89 Å². The molecule has 2 heterocycles. The van der Waals surface area contributed by atoms with Crippen molar-refractivity contribution in [1.82, 2.24) is 25.1 Å². The third kappa shape index (κ3) is 2.53. The summed E-state index contributed by atoms with van der Waals surface area (Å²) in [7, 11) is 0. The maximum Gasteiger partial charge on any atom is 0.258 e. The number of hydrogen-bond acceptors (Lipinski definition) is 5. The summed E-state index contributed by atoms with van der Waals surface area (Å²) in [6, 6.07) is 10.9. The first kappa shape index (κ1) is 15.1. The summed E-state index contributed by atoms with van der Waals surface area (Å²) >= 11 is 12.0. The zero-order valence-corrected chi connectivity index (χ0v) is 14.1. The molecule has 0 aliphatic heterocycles. The Labute approximate surface area is 147 Å². The van der Waals surface area contributed by atoms with Crippen molar-refractivity contribution in [2.45, 2.75) is 13.5 Å². The molecule has 6 nitrogen and oxygen atoms in total. The van der Waals surface area contributed by atoms with E-state index in [9.17, 15) is 0 Å². The Morgan fingerprint density at radius 3 is 2.67 bits per heavy atom. The summed E-state index contributed by atoms with van der Waals surface area (Å²) in [5.74, 6) is 0.852. The Balaban J connectivity index is 1.73. The molecule has 0 radical (unpaired) electrons. The first-order valence-electron chi connectivity index (χ1n) is 7.28. The summed E-state index contributed by atoms with van der Waals surface area (Å²) in [4.78, 5) is 4.42. The number of hydrogen-bond donors (Lipinski definition) is 0. The number of benzene rings is 2. The molecule has 0 spiro atoms. The lowest BCUT2D eigenvalue weighted by molar-refractivity contribution is 0.432. The van der Waals surface area contributed by atoms with Gasteiger partial charge in [0.05, 0.1) is 15.6 Å². The van der Waals surface area contributed by atoms with Crippen molar-refractivity contribution in [2.75, 3.05) is 0 Å². The van der Waals surface area contributed by atoms with Gasteiger partial charge in [-0.05, 0) is 43.3 Å². The van der Waals surface area contributed by atoms with Gasteiger partial charge in [-0.25, -0.2) is 4.68 Å². The Morgan fingerprint density at radius 2 is 1.88 bits per heavy atom. The lowest BCUT2D eigenvalue weighted by Crippen LogP contribution is -1.95. The molecule has 0 N–H and O–H groups in total. The van der Waals surface area contributed by atoms with Crippen LogP contribution in [-0.2, 0) is 6.54 Å². The molecule has 24 heavy (non-hydrogen) atoms. The second-order valence-electron chi connectivity index (χ2n) is 5.16. The Bertz CT molecular complexity index is 1040. The normalized spacial score (nSPS) is 11.3. The van der Waals surface area contributed by atoms with Gasteiger partial charge in [0.1, 0.15) is 5.52 Å². The standard InChI is InChI=1S/C16H11Cl2N5O/c1-2-23-14-6-4-9(8-13(14)20-22-23)15-19-16(24-21-15)10-3-5-11(17)12(18)7-10/h3-8H,2H2,1H3. The molecule has 4 rings (SSSR count). The van der Waals surface area contributed by atoms with Crippen LogP contribution in [0.5, 0.6) is 0 Å². The van der Waals surface area contributed by atoms with Crippen molar-refractivity contribution in [1.29, 1.82) is 0 Å². The monoisotopic (exact) mass is 359 g/mol. The number of rotatable bonds is 3. The van der Waals surface area contributed by atoms with Crippen LogP contribution >= 0.6 is 23.2 Å². The van der Waals surface area contributed by atoms with Gasteiger partial charge in [0.15, 0.2) is 0 Å². The van der Waals surface area contributed by atoms with Crippen LogP contribution < -0.4 is 0 Å². The molecule has 0 bridgehead atoms. The molecule has 2 aromatic carbocycles. The molecule has 0 saturated heterocycles. The topological polar surface area (TPSA) is 69.6 Å². The second kappa shape index (κ2) is 5.89. The predicted molar refractivity (Wildman–Crippen MR) is 92.0 cm³/mol. The molecule has 0 unspecified atom stereocenters. The van der Waals surface area contributed by atoms with Crippen molar-refractivity contribution in [3.05, 3.63) is 46.4 Å². The van der Waals surface area contributed by atoms with Gasteiger partial charge < -0.3 is 4.52 Å². The molecular formula is C16H11Cl2N5O. The molecule has 0 aliphatic rings. The van der Waals surface area contributed by atoms with Gasteiger partial charge in [-0.2, -0.15) is 4.98 Å². The summed E-state index contributed by atoms with van der Waals surface area (Å²) in [6.45, 7) is 2.78. The Hall–Kier alpha value is -2.44. The molecule has 0 saturated carbocycles. The summed E-state index contributed by atoms with van der Waals surface area (Å²) < 4.78 is 7.16. The fourth-order valence-corrected chi connectivity index (χ4v) is 2.73. The molecular weight excluding hydrogens is 349 g/mol. The van der Waals surface area contributed by atoms with Crippen LogP contribution in [0.4, 0.5) is 0 Å². The first-order valence-corrected chi connectivity index (χ1v) is 8.04. The largest absolute Gasteiger partial charge is 0.334 e. The Morgan fingerprint density at radius 1 is 1.04 bits per heavy atom. The third-order valence-corrected chi connectivity index (χ3v) is 4.40. The summed E-state index contributed by atoms with van der Waals surface area (Å²) in [5.41, 5.74) is 3.27. The van der Waals surface area contributed by atoms with Gasteiger partial charge in [-0.3, -0.25) is 0 Å². The van der Waals surface area contributed by atoms with E-state index in [0.717, 1.165) is 23.1 Å². The van der Waals surface area contributed by atoms with Crippen LogP contribution in [0.25, 0.3) is 33.9 Å². The SMILES string of the molecule is CCn1nnc2cc(-c3noc(-c4ccc(Cl)c(Cl)c4)n3)ccc21. The Kier molecular flexibility index (Phi) is 3.70. The second-order valence-corrected chi connectivity index (χ2v) is 5.98. The van der Waals surface area contributed by atoms with Crippen molar-refractivity contribution >= 4 is 34.2 Å². The first-order chi connectivity index (χ1) is 11.7. The minimum absolute atomic E-state index is 0.376. The van der Waals surface area contributed by atoms with Crippen LogP contribution in [0.1, 0.15) is 6.92 Å². The number of halogens is 2.